The molecule has 2 rings (SSSR count). The van der Waals surface area contributed by atoms with Crippen molar-refractivity contribution in [3.05, 3.63) is 29.1 Å². The molecule has 0 radical (unpaired) electrons. The molecule has 1 unspecified atom stereocenters. The fourth-order valence-corrected chi connectivity index (χ4v) is 1.94. The first-order valence-corrected chi connectivity index (χ1v) is 5.11. The van der Waals surface area contributed by atoms with E-state index in [-0.39, 0.29) is 0 Å². The Bertz CT molecular complexity index is 325. The lowest BCUT2D eigenvalue weighted by molar-refractivity contribution is 0.177. The minimum absolute atomic E-state index is 0.432. The van der Waals surface area contributed by atoms with Crippen molar-refractivity contribution in [3.63, 3.8) is 0 Å². The molecule has 3 heteroatoms. The van der Waals surface area contributed by atoms with Crippen molar-refractivity contribution < 1.29 is 5.11 Å². The Morgan fingerprint density at radius 3 is 3.21 bits per heavy atom. The van der Waals surface area contributed by atoms with Crippen LogP contribution in [0.2, 0.25) is 0 Å². The SMILES string of the molecule is CNCC(O)c1cnc2c(c1)CCC2. The van der Waals surface area contributed by atoms with Crippen LogP contribution in [0.3, 0.4) is 0 Å². The normalized spacial score (nSPS) is 16.7. The zero-order valence-electron chi connectivity index (χ0n) is 8.45. The van der Waals surface area contributed by atoms with Crippen LogP contribution in [0.15, 0.2) is 12.3 Å². The van der Waals surface area contributed by atoms with Crippen LogP contribution in [-0.2, 0) is 12.8 Å². The quantitative estimate of drug-likeness (QED) is 0.745. The van der Waals surface area contributed by atoms with E-state index in [9.17, 15) is 5.11 Å². The summed E-state index contributed by atoms with van der Waals surface area (Å²) in [5.41, 5.74) is 3.46. The van der Waals surface area contributed by atoms with Gasteiger partial charge < -0.3 is 10.4 Å². The number of hydrogen-bond donors (Lipinski definition) is 2. The lowest BCUT2D eigenvalue weighted by Crippen LogP contribution is -2.17. The number of pyridine rings is 1. The van der Waals surface area contributed by atoms with Crippen LogP contribution in [0.25, 0.3) is 0 Å². The molecule has 1 aromatic rings. The maximum atomic E-state index is 9.75. The summed E-state index contributed by atoms with van der Waals surface area (Å²) in [5, 5.41) is 12.7. The molecule has 1 heterocycles. The van der Waals surface area contributed by atoms with Crippen LogP contribution in [0.5, 0.6) is 0 Å². The van der Waals surface area contributed by atoms with Gasteiger partial charge in [0.05, 0.1) is 6.10 Å². The van der Waals surface area contributed by atoms with Gasteiger partial charge in [0.1, 0.15) is 0 Å². The van der Waals surface area contributed by atoms with E-state index in [4.69, 9.17) is 0 Å². The van der Waals surface area contributed by atoms with Gasteiger partial charge >= 0.3 is 0 Å². The number of hydrogen-bond acceptors (Lipinski definition) is 3. The predicted octanol–water partition coefficient (Wildman–Crippen LogP) is 0.823. The van der Waals surface area contributed by atoms with Gasteiger partial charge in [0.25, 0.3) is 0 Å². The second kappa shape index (κ2) is 4.07. The molecule has 1 aliphatic carbocycles. The van der Waals surface area contributed by atoms with E-state index in [2.05, 4.69) is 16.4 Å². The van der Waals surface area contributed by atoms with Gasteiger partial charge in [0.15, 0.2) is 0 Å². The maximum absolute atomic E-state index is 9.75. The van der Waals surface area contributed by atoms with Gasteiger partial charge in [-0.25, -0.2) is 0 Å². The molecule has 3 nitrogen and oxygen atoms in total. The summed E-state index contributed by atoms with van der Waals surface area (Å²) >= 11 is 0. The summed E-state index contributed by atoms with van der Waals surface area (Å²) in [5.74, 6) is 0. The average Bonchev–Trinajstić information content (AvgIpc) is 2.64. The van der Waals surface area contributed by atoms with E-state index >= 15 is 0 Å². The Morgan fingerprint density at radius 2 is 2.43 bits per heavy atom. The van der Waals surface area contributed by atoms with Crippen molar-refractivity contribution in [2.45, 2.75) is 25.4 Å². The zero-order valence-corrected chi connectivity index (χ0v) is 8.45. The van der Waals surface area contributed by atoms with Crippen LogP contribution >= 0.6 is 0 Å². The molecule has 76 valence electrons. The highest BCUT2D eigenvalue weighted by molar-refractivity contribution is 5.30. The smallest absolute Gasteiger partial charge is 0.0929 e. The van der Waals surface area contributed by atoms with Crippen molar-refractivity contribution >= 4 is 0 Å². The van der Waals surface area contributed by atoms with E-state index in [0.717, 1.165) is 18.4 Å². The van der Waals surface area contributed by atoms with Gasteiger partial charge in [-0.15, -0.1) is 0 Å². The number of aliphatic hydroxyl groups excluding tert-OH is 1. The van der Waals surface area contributed by atoms with Gasteiger partial charge in [-0.3, -0.25) is 4.98 Å². The molecule has 0 amide bonds. The van der Waals surface area contributed by atoms with E-state index in [1.807, 2.05) is 7.05 Å². The van der Waals surface area contributed by atoms with Gasteiger partial charge in [0.2, 0.25) is 0 Å². The summed E-state index contributed by atoms with van der Waals surface area (Å²) in [4.78, 5) is 4.37. The van der Waals surface area contributed by atoms with Crippen LogP contribution in [0.1, 0.15) is 29.3 Å². The lowest BCUT2D eigenvalue weighted by Gasteiger charge is -2.10. The third-order valence-electron chi connectivity index (χ3n) is 2.72. The van der Waals surface area contributed by atoms with Gasteiger partial charge in [-0.05, 0) is 37.9 Å². The van der Waals surface area contributed by atoms with Crippen molar-refractivity contribution in [1.29, 1.82) is 0 Å². The van der Waals surface area contributed by atoms with Crippen molar-refractivity contribution in [3.8, 4) is 0 Å². The highest BCUT2D eigenvalue weighted by atomic mass is 16.3. The molecule has 0 bridgehead atoms. The first kappa shape index (κ1) is 9.62. The largest absolute Gasteiger partial charge is 0.387 e. The summed E-state index contributed by atoms with van der Waals surface area (Å²) in [6, 6.07) is 2.09. The number of fused-ring (bicyclic) bond motifs is 1. The third-order valence-corrected chi connectivity index (χ3v) is 2.72. The van der Waals surface area contributed by atoms with E-state index in [1.165, 1.54) is 17.7 Å². The van der Waals surface area contributed by atoms with E-state index in [0.29, 0.717) is 6.54 Å². The van der Waals surface area contributed by atoms with Crippen LogP contribution < -0.4 is 5.32 Å². The molecule has 1 aliphatic rings. The van der Waals surface area contributed by atoms with Crippen molar-refractivity contribution in [2.24, 2.45) is 0 Å². The maximum Gasteiger partial charge on any atom is 0.0929 e. The number of aromatic nitrogens is 1. The number of nitrogens with zero attached hydrogens (tertiary/aromatic N) is 1. The summed E-state index contributed by atoms with van der Waals surface area (Å²) in [7, 11) is 1.84. The first-order valence-electron chi connectivity index (χ1n) is 5.11. The molecule has 0 spiro atoms. The van der Waals surface area contributed by atoms with Crippen molar-refractivity contribution in [1.82, 2.24) is 10.3 Å². The minimum Gasteiger partial charge on any atom is -0.387 e. The fourth-order valence-electron chi connectivity index (χ4n) is 1.94. The molecule has 14 heavy (non-hydrogen) atoms. The summed E-state index contributed by atoms with van der Waals surface area (Å²) in [6.45, 7) is 0.584. The zero-order chi connectivity index (χ0) is 9.97. The molecule has 0 saturated heterocycles. The van der Waals surface area contributed by atoms with E-state index in [1.54, 1.807) is 6.20 Å². The predicted molar refractivity (Wildman–Crippen MR) is 55.1 cm³/mol. The molecule has 1 atom stereocenters. The molecule has 0 fully saturated rings. The third kappa shape index (κ3) is 1.79. The monoisotopic (exact) mass is 192 g/mol. The van der Waals surface area contributed by atoms with Crippen LogP contribution in [-0.4, -0.2) is 23.7 Å². The number of likely N-dealkylation sites (N-methyl/N-ethyl adjacent to an activating group) is 1. The Morgan fingerprint density at radius 1 is 1.57 bits per heavy atom. The molecule has 1 aromatic heterocycles. The van der Waals surface area contributed by atoms with Gasteiger partial charge in [-0.2, -0.15) is 0 Å². The molecular formula is C11H16N2O. The standard InChI is InChI=1S/C11H16N2O/c1-12-7-11(14)9-5-8-3-2-4-10(8)13-6-9/h5-6,11-12,14H,2-4,7H2,1H3. The number of aliphatic hydroxyl groups is 1. The highest BCUT2D eigenvalue weighted by Crippen LogP contribution is 2.22. The van der Waals surface area contributed by atoms with E-state index < -0.39 is 6.10 Å². The number of aryl methyl sites for hydroxylation is 2. The molecular weight excluding hydrogens is 176 g/mol. The van der Waals surface area contributed by atoms with Crippen LogP contribution in [0, 0.1) is 0 Å². The van der Waals surface area contributed by atoms with Gasteiger partial charge in [-0.1, -0.05) is 0 Å². The molecule has 0 saturated carbocycles. The number of nitrogens with one attached hydrogen (secondary N) is 1. The molecule has 2 N–H and O–H groups in total. The molecule has 0 aliphatic heterocycles. The topological polar surface area (TPSA) is 45.1 Å². The Labute approximate surface area is 84.2 Å². The first-order chi connectivity index (χ1) is 6.81. The Balaban J connectivity index is 2.19. The average molecular weight is 192 g/mol. The second-order valence-corrected chi connectivity index (χ2v) is 3.80. The van der Waals surface area contributed by atoms with Crippen molar-refractivity contribution in [2.75, 3.05) is 13.6 Å². The Hall–Kier alpha value is -0.930. The summed E-state index contributed by atoms with van der Waals surface area (Å²) in [6.07, 6.45) is 4.78. The van der Waals surface area contributed by atoms with Gasteiger partial charge in [0, 0.05) is 24.0 Å². The fraction of sp³-hybridized carbons (Fsp3) is 0.545. The minimum atomic E-state index is -0.432. The number of rotatable bonds is 3. The van der Waals surface area contributed by atoms with Crippen LogP contribution in [0.4, 0.5) is 0 Å². The molecule has 0 aromatic carbocycles. The second-order valence-electron chi connectivity index (χ2n) is 3.80. The lowest BCUT2D eigenvalue weighted by atomic mass is 10.1. The summed E-state index contributed by atoms with van der Waals surface area (Å²) < 4.78 is 0. The Kier molecular flexibility index (Phi) is 2.79. The highest BCUT2D eigenvalue weighted by Gasteiger charge is 2.14.